The number of nitrogen functional groups attached to an aromatic ring is 1. The molecule has 0 saturated heterocycles. The summed E-state index contributed by atoms with van der Waals surface area (Å²) in [5.74, 6) is 0.663. The summed E-state index contributed by atoms with van der Waals surface area (Å²) in [4.78, 5) is 7.82. The largest absolute Gasteiger partial charge is 0.470 e. The number of aromatic nitrogens is 2. The molecule has 0 aliphatic heterocycles. The first-order valence-corrected chi connectivity index (χ1v) is 4.55. The van der Waals surface area contributed by atoms with Crippen LogP contribution in [0.2, 0.25) is 0 Å². The number of nitrogens with two attached hydrogens (primary N) is 1. The predicted molar refractivity (Wildman–Crippen MR) is 53.0 cm³/mol. The summed E-state index contributed by atoms with van der Waals surface area (Å²) in [6.45, 7) is 5.02. The van der Waals surface area contributed by atoms with E-state index in [0.29, 0.717) is 24.9 Å². The van der Waals surface area contributed by atoms with Crippen LogP contribution in [0.15, 0.2) is 12.4 Å². The summed E-state index contributed by atoms with van der Waals surface area (Å²) in [7, 11) is 0. The van der Waals surface area contributed by atoms with Crippen LogP contribution in [-0.4, -0.2) is 29.3 Å². The van der Waals surface area contributed by atoms with Gasteiger partial charge in [-0.1, -0.05) is 0 Å². The van der Waals surface area contributed by atoms with Crippen LogP contribution < -0.4 is 10.5 Å². The summed E-state index contributed by atoms with van der Waals surface area (Å²) in [5.41, 5.74) is 5.56. The molecule has 5 nitrogen and oxygen atoms in total. The van der Waals surface area contributed by atoms with Gasteiger partial charge < -0.3 is 15.2 Å². The predicted octanol–water partition coefficient (Wildman–Crippen LogP) is 0.863. The second kappa shape index (κ2) is 5.39. The van der Waals surface area contributed by atoms with Crippen LogP contribution in [-0.2, 0) is 4.74 Å². The SMILES string of the molecule is CCOCC(C)Oc1nccnc1N. The Labute approximate surface area is 83.3 Å². The third-order valence-corrected chi connectivity index (χ3v) is 1.56. The van der Waals surface area contributed by atoms with E-state index in [1.54, 1.807) is 6.20 Å². The number of hydrogen-bond donors (Lipinski definition) is 1. The summed E-state index contributed by atoms with van der Waals surface area (Å²) in [5, 5.41) is 0. The minimum absolute atomic E-state index is 0.0750. The molecule has 0 spiro atoms. The minimum atomic E-state index is -0.0750. The van der Waals surface area contributed by atoms with Gasteiger partial charge in [0, 0.05) is 19.0 Å². The van der Waals surface area contributed by atoms with Gasteiger partial charge in [-0.2, -0.15) is 0 Å². The van der Waals surface area contributed by atoms with E-state index in [1.807, 2.05) is 13.8 Å². The summed E-state index contributed by atoms with van der Waals surface area (Å²) in [6.07, 6.45) is 2.99. The smallest absolute Gasteiger partial charge is 0.257 e. The lowest BCUT2D eigenvalue weighted by Crippen LogP contribution is -2.20. The highest BCUT2D eigenvalue weighted by Gasteiger charge is 2.07. The molecule has 0 amide bonds. The first-order chi connectivity index (χ1) is 6.74. The maximum atomic E-state index is 5.56. The average molecular weight is 197 g/mol. The zero-order chi connectivity index (χ0) is 10.4. The third kappa shape index (κ3) is 3.18. The number of nitrogens with zero attached hydrogens (tertiary/aromatic N) is 2. The van der Waals surface area contributed by atoms with Crippen LogP contribution >= 0.6 is 0 Å². The Balaban J connectivity index is 2.47. The van der Waals surface area contributed by atoms with Gasteiger partial charge in [0.05, 0.1) is 6.61 Å². The molecule has 1 aromatic rings. The molecule has 14 heavy (non-hydrogen) atoms. The van der Waals surface area contributed by atoms with E-state index in [9.17, 15) is 0 Å². The molecule has 78 valence electrons. The van der Waals surface area contributed by atoms with Crippen molar-refractivity contribution in [2.75, 3.05) is 18.9 Å². The first-order valence-electron chi connectivity index (χ1n) is 4.55. The number of hydrogen-bond acceptors (Lipinski definition) is 5. The van der Waals surface area contributed by atoms with Crippen molar-refractivity contribution in [2.24, 2.45) is 0 Å². The van der Waals surface area contributed by atoms with Gasteiger partial charge in [0.2, 0.25) is 0 Å². The van der Waals surface area contributed by atoms with Crippen LogP contribution in [0.25, 0.3) is 0 Å². The zero-order valence-electron chi connectivity index (χ0n) is 8.43. The van der Waals surface area contributed by atoms with Gasteiger partial charge in [0.1, 0.15) is 6.10 Å². The Bertz CT molecular complexity index is 281. The van der Waals surface area contributed by atoms with Crippen LogP contribution in [0, 0.1) is 0 Å². The third-order valence-electron chi connectivity index (χ3n) is 1.56. The molecule has 0 aromatic carbocycles. The van der Waals surface area contributed by atoms with Gasteiger partial charge in [-0.25, -0.2) is 9.97 Å². The van der Waals surface area contributed by atoms with E-state index in [2.05, 4.69) is 9.97 Å². The fourth-order valence-electron chi connectivity index (χ4n) is 0.935. The van der Waals surface area contributed by atoms with Crippen molar-refractivity contribution in [3.63, 3.8) is 0 Å². The van der Waals surface area contributed by atoms with Crippen molar-refractivity contribution in [1.29, 1.82) is 0 Å². The van der Waals surface area contributed by atoms with Crippen LogP contribution in [0.5, 0.6) is 5.88 Å². The highest BCUT2D eigenvalue weighted by Crippen LogP contribution is 2.14. The summed E-state index contributed by atoms with van der Waals surface area (Å²) in [6, 6.07) is 0. The van der Waals surface area contributed by atoms with E-state index in [4.69, 9.17) is 15.2 Å². The topological polar surface area (TPSA) is 70.3 Å². The number of rotatable bonds is 5. The first kappa shape index (κ1) is 10.7. The minimum Gasteiger partial charge on any atom is -0.470 e. The maximum Gasteiger partial charge on any atom is 0.257 e. The van der Waals surface area contributed by atoms with Crippen molar-refractivity contribution >= 4 is 5.82 Å². The van der Waals surface area contributed by atoms with Gasteiger partial charge in [0.25, 0.3) is 5.88 Å². The number of anilines is 1. The lowest BCUT2D eigenvalue weighted by molar-refractivity contribution is 0.0636. The molecule has 0 saturated carbocycles. The molecule has 1 heterocycles. The fraction of sp³-hybridized carbons (Fsp3) is 0.556. The molecule has 5 heteroatoms. The monoisotopic (exact) mass is 197 g/mol. The van der Waals surface area contributed by atoms with Crippen molar-refractivity contribution in [1.82, 2.24) is 9.97 Å². The number of ether oxygens (including phenoxy) is 2. The van der Waals surface area contributed by atoms with Crippen LogP contribution in [0.1, 0.15) is 13.8 Å². The molecule has 0 aliphatic carbocycles. The highest BCUT2D eigenvalue weighted by molar-refractivity contribution is 5.38. The van der Waals surface area contributed by atoms with Gasteiger partial charge in [-0.3, -0.25) is 0 Å². The van der Waals surface area contributed by atoms with Gasteiger partial charge in [-0.15, -0.1) is 0 Å². The normalized spacial score (nSPS) is 12.4. The molecule has 1 aromatic heterocycles. The zero-order valence-corrected chi connectivity index (χ0v) is 8.43. The van der Waals surface area contributed by atoms with Gasteiger partial charge in [0.15, 0.2) is 5.82 Å². The fourth-order valence-corrected chi connectivity index (χ4v) is 0.935. The molecule has 1 rings (SSSR count). The van der Waals surface area contributed by atoms with E-state index in [0.717, 1.165) is 0 Å². The van der Waals surface area contributed by atoms with Crippen molar-refractivity contribution < 1.29 is 9.47 Å². The molecule has 0 aliphatic rings. The molecular formula is C9H15N3O2. The van der Waals surface area contributed by atoms with Crippen LogP contribution in [0.3, 0.4) is 0 Å². The Kier molecular flexibility index (Phi) is 4.12. The van der Waals surface area contributed by atoms with Gasteiger partial charge in [-0.05, 0) is 13.8 Å². The summed E-state index contributed by atoms with van der Waals surface area (Å²) >= 11 is 0. The van der Waals surface area contributed by atoms with Crippen molar-refractivity contribution in [3.05, 3.63) is 12.4 Å². The molecule has 2 N–H and O–H groups in total. The quantitative estimate of drug-likeness (QED) is 0.758. The second-order valence-electron chi connectivity index (χ2n) is 2.83. The van der Waals surface area contributed by atoms with Gasteiger partial charge >= 0.3 is 0 Å². The molecule has 1 atom stereocenters. The van der Waals surface area contributed by atoms with E-state index >= 15 is 0 Å². The molecule has 0 radical (unpaired) electrons. The van der Waals surface area contributed by atoms with Crippen LogP contribution in [0.4, 0.5) is 5.82 Å². The van der Waals surface area contributed by atoms with E-state index < -0.39 is 0 Å². The molecule has 0 bridgehead atoms. The second-order valence-corrected chi connectivity index (χ2v) is 2.83. The Morgan fingerprint density at radius 3 is 2.79 bits per heavy atom. The average Bonchev–Trinajstić information content (AvgIpc) is 2.18. The Morgan fingerprint density at radius 1 is 1.43 bits per heavy atom. The van der Waals surface area contributed by atoms with E-state index in [1.165, 1.54) is 6.20 Å². The van der Waals surface area contributed by atoms with Crippen molar-refractivity contribution in [3.8, 4) is 5.88 Å². The molecular weight excluding hydrogens is 182 g/mol. The summed E-state index contributed by atoms with van der Waals surface area (Å²) < 4.78 is 10.6. The lowest BCUT2D eigenvalue weighted by atomic mass is 10.4. The molecule has 0 fully saturated rings. The lowest BCUT2D eigenvalue weighted by Gasteiger charge is -2.13. The highest BCUT2D eigenvalue weighted by atomic mass is 16.5. The maximum absolute atomic E-state index is 5.56. The standard InChI is InChI=1S/C9H15N3O2/c1-3-13-6-7(2)14-9-8(10)11-4-5-12-9/h4-5,7H,3,6H2,1-2H3,(H2,10,11). The van der Waals surface area contributed by atoms with E-state index in [-0.39, 0.29) is 6.10 Å². The van der Waals surface area contributed by atoms with Crippen molar-refractivity contribution in [2.45, 2.75) is 20.0 Å². The Hall–Kier alpha value is -1.36. The molecule has 1 unspecified atom stereocenters. The Morgan fingerprint density at radius 2 is 2.14 bits per heavy atom.